The SMILES string of the molecule is CCCC1C[C@@H]2CC[C@@H](C)[C@@](O)(O2)C(=O)C(=O)N2CCCC[C@H]2C(=O)O[C@H]([C@H](C)C[C@@H]2CC[C@@H](O)[C@H](OC)C2)CC[C@H](C)/C=C(\C)[C@@H](O)[C@@H](OC)C(=O)[C@H](C)C[C@H](C)/C=C/C=CC=C1C. The zero-order valence-electron chi connectivity index (χ0n) is 41.4. The fourth-order valence-electron chi connectivity index (χ4n) is 10.8. The first-order valence-electron chi connectivity index (χ1n) is 25.0. The Bertz CT molecular complexity index is 1690. The second-order valence-electron chi connectivity index (χ2n) is 20.4. The fourth-order valence-corrected chi connectivity index (χ4v) is 10.8. The van der Waals surface area contributed by atoms with Gasteiger partial charge in [0.1, 0.15) is 24.4 Å². The van der Waals surface area contributed by atoms with Crippen LogP contribution in [0.4, 0.5) is 0 Å². The minimum absolute atomic E-state index is 0.0663. The Morgan fingerprint density at radius 1 is 0.846 bits per heavy atom. The van der Waals surface area contributed by atoms with Gasteiger partial charge in [-0.1, -0.05) is 90.0 Å². The summed E-state index contributed by atoms with van der Waals surface area (Å²) in [5, 5.41) is 34.0. The number of amides is 1. The summed E-state index contributed by atoms with van der Waals surface area (Å²) in [6.45, 7) is 16.0. The number of aliphatic hydroxyl groups excluding tert-OH is 2. The number of carbonyl (C=O) groups excluding carboxylic acids is 4. The number of carbonyl (C=O) groups is 4. The first-order chi connectivity index (χ1) is 30.8. The molecule has 1 aliphatic carbocycles. The Hall–Kier alpha value is -3.00. The standard InChI is InChI=1S/C53H85NO11/c1-11-17-41-32-42-24-22-39(8)53(61,65-42)50(58)51(59)54-27-16-15-20-43(54)52(60)64-45(36(5)30-40-23-25-44(55)46(31-40)62-9)26-21-34(3)29-38(7)48(57)49(63-10)47(56)37(6)28-33(2)18-13-12-14-19-35(41)4/h12-14,18-19,29,33-34,36-37,39-46,48-49,55,57,61H,11,15-17,20-28,30-32H2,1-10H3/b14-12?,18-13+,35-19?,38-29+/t33-,34+,36-,37-,39-,40+,41?,42+,43+,44-,45+,46-,48-,49+,53-/m1/s1. The number of fused-ring (bicyclic) bond motifs is 3. The number of cyclic esters (lactones) is 1. The van der Waals surface area contributed by atoms with Crippen molar-refractivity contribution in [2.24, 2.45) is 41.4 Å². The van der Waals surface area contributed by atoms with Gasteiger partial charge < -0.3 is 39.2 Å². The number of ether oxygens (including phenoxy) is 4. The lowest BCUT2D eigenvalue weighted by Crippen LogP contribution is -2.60. The van der Waals surface area contributed by atoms with Gasteiger partial charge >= 0.3 is 5.97 Å². The molecule has 12 nitrogen and oxygen atoms in total. The summed E-state index contributed by atoms with van der Waals surface area (Å²) in [5.41, 5.74) is 1.76. The lowest BCUT2D eigenvalue weighted by atomic mass is 9.78. The molecule has 0 radical (unpaired) electrons. The number of allylic oxidation sites excluding steroid dienone is 7. The number of Topliss-reactive ketones (excluding diaryl/α,β-unsaturated/α-hetero) is 2. The molecule has 4 aliphatic rings. The average Bonchev–Trinajstić information content (AvgIpc) is 3.28. The Labute approximate surface area is 390 Å². The van der Waals surface area contributed by atoms with E-state index in [-0.39, 0.29) is 53.9 Å². The summed E-state index contributed by atoms with van der Waals surface area (Å²) < 4.78 is 24.0. The highest BCUT2D eigenvalue weighted by Gasteiger charge is 2.53. The minimum atomic E-state index is -2.32. The summed E-state index contributed by atoms with van der Waals surface area (Å²) in [7, 11) is 3.07. The molecule has 2 saturated heterocycles. The molecule has 4 rings (SSSR count). The first-order valence-corrected chi connectivity index (χ1v) is 25.0. The van der Waals surface area contributed by atoms with Gasteiger partial charge in [-0.05, 0) is 139 Å². The van der Waals surface area contributed by atoms with E-state index in [4.69, 9.17) is 18.9 Å². The van der Waals surface area contributed by atoms with E-state index in [9.17, 15) is 34.5 Å². The second kappa shape index (κ2) is 25.9. The number of rotatable bonds is 7. The summed E-state index contributed by atoms with van der Waals surface area (Å²) in [6, 6.07) is -1.000. The van der Waals surface area contributed by atoms with Crippen molar-refractivity contribution in [2.75, 3.05) is 20.8 Å². The quantitative estimate of drug-likeness (QED) is 0.127. The Kier molecular flexibility index (Phi) is 21.8. The second-order valence-corrected chi connectivity index (χ2v) is 20.4. The maximum Gasteiger partial charge on any atom is 0.329 e. The molecule has 1 saturated carbocycles. The number of hydrogen-bond donors (Lipinski definition) is 3. The lowest BCUT2D eigenvalue weighted by Gasteiger charge is -2.43. The van der Waals surface area contributed by atoms with E-state index in [0.29, 0.717) is 76.2 Å². The van der Waals surface area contributed by atoms with Crippen LogP contribution in [0.2, 0.25) is 0 Å². The predicted octanol–water partition coefficient (Wildman–Crippen LogP) is 8.40. The third kappa shape index (κ3) is 15.0. The van der Waals surface area contributed by atoms with Gasteiger partial charge in [0.25, 0.3) is 11.7 Å². The normalized spacial score (nSPS) is 39.1. The lowest BCUT2D eigenvalue weighted by molar-refractivity contribution is -0.264. The van der Waals surface area contributed by atoms with Crippen LogP contribution in [0, 0.1) is 41.4 Å². The highest BCUT2D eigenvalue weighted by atomic mass is 16.6. The van der Waals surface area contributed by atoms with Gasteiger partial charge in [0.2, 0.25) is 5.79 Å². The molecule has 3 heterocycles. The molecule has 368 valence electrons. The van der Waals surface area contributed by atoms with Crippen molar-refractivity contribution >= 4 is 23.4 Å². The van der Waals surface area contributed by atoms with Gasteiger partial charge in [-0.25, -0.2) is 4.79 Å². The number of nitrogens with zero attached hydrogens (tertiary/aromatic N) is 1. The first kappa shape index (κ1) is 54.6. The van der Waals surface area contributed by atoms with Crippen LogP contribution in [0.25, 0.3) is 0 Å². The molecule has 1 unspecified atom stereocenters. The smallest absolute Gasteiger partial charge is 0.329 e. The van der Waals surface area contributed by atoms with E-state index in [1.54, 1.807) is 21.0 Å². The zero-order chi connectivity index (χ0) is 48.0. The molecule has 15 atom stereocenters. The molecule has 1 amide bonds. The van der Waals surface area contributed by atoms with E-state index < -0.39 is 65.9 Å². The van der Waals surface area contributed by atoms with E-state index >= 15 is 0 Å². The minimum Gasteiger partial charge on any atom is -0.461 e. The molecule has 0 aromatic rings. The maximum absolute atomic E-state index is 14.4. The molecular formula is C53H85NO11. The highest BCUT2D eigenvalue weighted by Crippen LogP contribution is 2.39. The van der Waals surface area contributed by atoms with Crippen LogP contribution < -0.4 is 0 Å². The van der Waals surface area contributed by atoms with Gasteiger partial charge in [-0.3, -0.25) is 14.4 Å². The number of methoxy groups -OCH3 is 2. The number of hydrogen-bond acceptors (Lipinski definition) is 11. The van der Waals surface area contributed by atoms with E-state index in [2.05, 4.69) is 39.8 Å². The molecule has 3 N–H and O–H groups in total. The van der Waals surface area contributed by atoms with Crippen LogP contribution in [-0.2, 0) is 38.1 Å². The van der Waals surface area contributed by atoms with E-state index in [0.717, 1.165) is 31.3 Å². The van der Waals surface area contributed by atoms with Crippen molar-refractivity contribution in [1.82, 2.24) is 4.90 Å². The van der Waals surface area contributed by atoms with Crippen molar-refractivity contribution in [3.8, 4) is 0 Å². The summed E-state index contributed by atoms with van der Waals surface area (Å²) in [4.78, 5) is 58.0. The molecular weight excluding hydrogens is 827 g/mol. The largest absolute Gasteiger partial charge is 0.461 e. The molecule has 3 fully saturated rings. The average molecular weight is 912 g/mol. The van der Waals surface area contributed by atoms with Gasteiger partial charge in [0.15, 0.2) is 5.78 Å². The number of aliphatic hydroxyl groups is 3. The maximum atomic E-state index is 14.4. The van der Waals surface area contributed by atoms with Gasteiger partial charge in [0.05, 0.1) is 18.3 Å². The van der Waals surface area contributed by atoms with Crippen molar-refractivity contribution in [2.45, 2.75) is 200 Å². The van der Waals surface area contributed by atoms with Crippen LogP contribution in [0.5, 0.6) is 0 Å². The van der Waals surface area contributed by atoms with Crippen LogP contribution >= 0.6 is 0 Å². The number of ketones is 2. The Balaban J connectivity index is 1.68. The topological polar surface area (TPSA) is 169 Å². The third-order valence-corrected chi connectivity index (χ3v) is 15.1. The summed E-state index contributed by atoms with van der Waals surface area (Å²) >= 11 is 0. The van der Waals surface area contributed by atoms with Crippen LogP contribution in [0.1, 0.15) is 152 Å². The zero-order valence-corrected chi connectivity index (χ0v) is 41.4. The molecule has 0 spiro atoms. The predicted molar refractivity (Wildman–Crippen MR) is 252 cm³/mol. The highest BCUT2D eigenvalue weighted by molar-refractivity contribution is 6.39. The van der Waals surface area contributed by atoms with Gasteiger partial charge in [0, 0.05) is 32.6 Å². The van der Waals surface area contributed by atoms with Crippen molar-refractivity contribution in [3.05, 3.63) is 47.6 Å². The summed E-state index contributed by atoms with van der Waals surface area (Å²) in [5.74, 6) is -5.69. The van der Waals surface area contributed by atoms with Crippen molar-refractivity contribution in [3.63, 3.8) is 0 Å². The van der Waals surface area contributed by atoms with E-state index in [1.165, 1.54) is 12.0 Å². The van der Waals surface area contributed by atoms with Crippen LogP contribution in [-0.4, -0.2) is 113 Å². The summed E-state index contributed by atoms with van der Waals surface area (Å²) in [6.07, 6.45) is 17.8. The van der Waals surface area contributed by atoms with Crippen molar-refractivity contribution in [1.29, 1.82) is 0 Å². The Morgan fingerprint density at radius 2 is 1.58 bits per heavy atom. The molecule has 3 aliphatic heterocycles. The number of piperidine rings is 1. The molecule has 12 heteroatoms. The third-order valence-electron chi connectivity index (χ3n) is 15.1. The molecule has 0 aromatic heterocycles. The Morgan fingerprint density at radius 3 is 2.28 bits per heavy atom. The molecule has 0 aromatic carbocycles. The van der Waals surface area contributed by atoms with Crippen LogP contribution in [0.3, 0.4) is 0 Å². The van der Waals surface area contributed by atoms with E-state index in [1.807, 2.05) is 38.2 Å². The fraction of sp³-hybridized carbons (Fsp3) is 0.774. The number of esters is 1. The monoisotopic (exact) mass is 912 g/mol. The van der Waals surface area contributed by atoms with Crippen LogP contribution in [0.15, 0.2) is 47.6 Å². The molecule has 2 bridgehead atoms. The molecule has 65 heavy (non-hydrogen) atoms. The van der Waals surface area contributed by atoms with Gasteiger partial charge in [-0.15, -0.1) is 0 Å². The van der Waals surface area contributed by atoms with Gasteiger partial charge in [-0.2, -0.15) is 0 Å². The van der Waals surface area contributed by atoms with Crippen molar-refractivity contribution < 1.29 is 53.4 Å².